The van der Waals surface area contributed by atoms with Gasteiger partial charge in [-0.3, -0.25) is 19.6 Å². The molecule has 3 aliphatic heterocycles. The third-order valence-electron chi connectivity index (χ3n) is 8.42. The molecule has 46 heavy (non-hydrogen) atoms. The second-order valence-electron chi connectivity index (χ2n) is 11.4. The minimum absolute atomic E-state index is 0.0466. The van der Waals surface area contributed by atoms with Crippen LogP contribution in [0.1, 0.15) is 34.2 Å². The number of hydrogen-bond donors (Lipinski definition) is 2. The summed E-state index contributed by atoms with van der Waals surface area (Å²) in [7, 11) is 1.30. The minimum atomic E-state index is -0.859. The van der Waals surface area contributed by atoms with Crippen molar-refractivity contribution in [2.75, 3.05) is 44.7 Å². The molecular formula is C32H32ClFN6O5S. The SMILES string of the molecule is COC(=O)C1=C(CN2CCN3C(=O)N(c4ccc(CCC(=O)O)cc4C)C[C@@H]3C2)NC(c2nccs2)=N[C@H]1c1ccc(F)cc1Cl. The smallest absolute Gasteiger partial charge is 0.338 e. The number of carbonyl (C=O) groups excluding carboxylic acids is 2. The lowest BCUT2D eigenvalue weighted by Gasteiger charge is -2.38. The molecule has 0 radical (unpaired) electrons. The van der Waals surface area contributed by atoms with Gasteiger partial charge in [0.1, 0.15) is 11.9 Å². The van der Waals surface area contributed by atoms with Crippen molar-refractivity contribution in [1.29, 1.82) is 0 Å². The van der Waals surface area contributed by atoms with Crippen LogP contribution in [0.3, 0.4) is 0 Å². The largest absolute Gasteiger partial charge is 0.481 e. The number of rotatable bonds is 9. The van der Waals surface area contributed by atoms with Crippen LogP contribution in [0.5, 0.6) is 0 Å². The van der Waals surface area contributed by atoms with Crippen molar-refractivity contribution in [1.82, 2.24) is 20.1 Å². The number of thiazole rings is 1. The lowest BCUT2D eigenvalue weighted by Crippen LogP contribution is -2.53. The Bertz CT molecular complexity index is 1750. The van der Waals surface area contributed by atoms with Crippen molar-refractivity contribution in [3.8, 4) is 0 Å². The lowest BCUT2D eigenvalue weighted by molar-refractivity contribution is -0.137. The normalized spacial score (nSPS) is 20.0. The van der Waals surface area contributed by atoms with Gasteiger partial charge < -0.3 is 20.1 Å². The Morgan fingerprint density at radius 3 is 2.72 bits per heavy atom. The highest BCUT2D eigenvalue weighted by molar-refractivity contribution is 7.11. The number of amides is 2. The minimum Gasteiger partial charge on any atom is -0.481 e. The number of aryl methyl sites for hydroxylation is 2. The van der Waals surface area contributed by atoms with Crippen LogP contribution in [0.25, 0.3) is 0 Å². The number of benzene rings is 2. The van der Waals surface area contributed by atoms with E-state index in [-0.39, 0.29) is 29.1 Å². The van der Waals surface area contributed by atoms with E-state index in [4.69, 9.17) is 26.4 Å². The molecule has 4 heterocycles. The number of nitrogens with zero attached hydrogens (tertiary/aromatic N) is 5. The predicted molar refractivity (Wildman–Crippen MR) is 172 cm³/mol. The van der Waals surface area contributed by atoms with E-state index in [0.29, 0.717) is 61.2 Å². The maximum atomic E-state index is 14.0. The predicted octanol–water partition coefficient (Wildman–Crippen LogP) is 4.41. The third-order valence-corrected chi connectivity index (χ3v) is 9.53. The summed E-state index contributed by atoms with van der Waals surface area (Å²) >= 11 is 7.87. The van der Waals surface area contributed by atoms with Crippen molar-refractivity contribution >= 4 is 52.4 Å². The van der Waals surface area contributed by atoms with Crippen LogP contribution in [0.15, 0.2) is 64.2 Å². The Labute approximate surface area is 273 Å². The van der Waals surface area contributed by atoms with Crippen LogP contribution in [-0.2, 0) is 20.7 Å². The summed E-state index contributed by atoms with van der Waals surface area (Å²) in [6.07, 6.45) is 2.14. The third kappa shape index (κ3) is 6.35. The van der Waals surface area contributed by atoms with Gasteiger partial charge in [-0.05, 0) is 42.7 Å². The summed E-state index contributed by atoms with van der Waals surface area (Å²) < 4.78 is 19.2. The number of carboxylic acids is 1. The number of esters is 1. The van der Waals surface area contributed by atoms with E-state index in [0.717, 1.165) is 16.8 Å². The number of piperazine rings is 1. The first kappa shape index (κ1) is 31.6. The molecular weight excluding hydrogens is 635 g/mol. The molecule has 0 bridgehead atoms. The zero-order valence-corrected chi connectivity index (χ0v) is 26.8. The Hall–Kier alpha value is -4.33. The molecule has 6 rings (SSSR count). The van der Waals surface area contributed by atoms with E-state index in [1.807, 2.05) is 35.4 Å². The van der Waals surface area contributed by atoms with Crippen molar-refractivity contribution in [3.63, 3.8) is 0 Å². The Morgan fingerprint density at radius 1 is 1.20 bits per heavy atom. The molecule has 240 valence electrons. The Balaban J connectivity index is 1.25. The van der Waals surface area contributed by atoms with Crippen molar-refractivity contribution in [2.45, 2.75) is 31.8 Å². The first-order chi connectivity index (χ1) is 22.1. The number of anilines is 1. The van der Waals surface area contributed by atoms with E-state index in [2.05, 4.69) is 15.2 Å². The maximum absolute atomic E-state index is 14.0. The molecule has 3 aromatic rings. The van der Waals surface area contributed by atoms with E-state index >= 15 is 0 Å². The van der Waals surface area contributed by atoms with E-state index < -0.39 is 23.8 Å². The van der Waals surface area contributed by atoms with Crippen LogP contribution >= 0.6 is 22.9 Å². The summed E-state index contributed by atoms with van der Waals surface area (Å²) in [6, 6.07) is 8.69. The van der Waals surface area contributed by atoms with Gasteiger partial charge in [0.25, 0.3) is 0 Å². The number of urea groups is 1. The second-order valence-corrected chi connectivity index (χ2v) is 12.7. The standard InChI is InChI=1S/C32H32ClFN6O5S/c1-18-13-19(4-8-26(41)42)3-7-25(18)40-16-21-15-38(10-11-39(21)32(40)44)17-24-27(31(43)45-2)28(22-6-5-20(34)14-23(22)33)37-29(36-24)30-35-9-12-46-30/h3,5-7,9,12-14,21,28H,4,8,10-11,15-17H2,1-2H3,(H,36,37)(H,41,42)/t21-,28-/m0/s1. The first-order valence-corrected chi connectivity index (χ1v) is 16.0. The summed E-state index contributed by atoms with van der Waals surface area (Å²) in [6.45, 7) is 4.37. The summed E-state index contributed by atoms with van der Waals surface area (Å²) in [5.74, 6) is -1.47. The maximum Gasteiger partial charge on any atom is 0.338 e. The van der Waals surface area contributed by atoms with Gasteiger partial charge in [-0.25, -0.2) is 19.0 Å². The van der Waals surface area contributed by atoms with Crippen LogP contribution in [0.4, 0.5) is 14.9 Å². The van der Waals surface area contributed by atoms with Crippen molar-refractivity contribution in [2.24, 2.45) is 4.99 Å². The van der Waals surface area contributed by atoms with Gasteiger partial charge in [-0.15, -0.1) is 11.3 Å². The second kappa shape index (κ2) is 13.2. The molecule has 2 saturated heterocycles. The van der Waals surface area contributed by atoms with E-state index in [1.54, 1.807) is 11.1 Å². The number of carboxylic acid groups (broad SMARTS) is 1. The van der Waals surface area contributed by atoms with Crippen LogP contribution in [0.2, 0.25) is 5.02 Å². The fourth-order valence-corrected chi connectivity index (χ4v) is 7.09. The Morgan fingerprint density at radius 2 is 2.02 bits per heavy atom. The quantitative estimate of drug-likeness (QED) is 0.322. The molecule has 0 aliphatic carbocycles. The average Bonchev–Trinajstić information content (AvgIpc) is 3.68. The van der Waals surface area contributed by atoms with Gasteiger partial charge in [-0.2, -0.15) is 0 Å². The van der Waals surface area contributed by atoms with E-state index in [1.165, 1.54) is 36.6 Å². The van der Waals surface area contributed by atoms with Crippen molar-refractivity contribution in [3.05, 3.63) is 91.8 Å². The number of aliphatic carboxylic acids is 1. The summed E-state index contributed by atoms with van der Waals surface area (Å²) in [4.78, 5) is 52.8. The van der Waals surface area contributed by atoms with Crippen molar-refractivity contribution < 1.29 is 28.6 Å². The van der Waals surface area contributed by atoms with Gasteiger partial charge in [0.2, 0.25) is 0 Å². The number of hydrogen-bond acceptors (Lipinski definition) is 9. The monoisotopic (exact) mass is 666 g/mol. The number of ether oxygens (including phenoxy) is 1. The zero-order chi connectivity index (χ0) is 32.5. The number of aromatic nitrogens is 1. The molecule has 2 atom stereocenters. The Kier molecular flexibility index (Phi) is 9.07. The molecule has 2 amide bonds. The van der Waals surface area contributed by atoms with Crippen LogP contribution in [0, 0.1) is 12.7 Å². The number of halogens is 2. The molecule has 14 heteroatoms. The summed E-state index contributed by atoms with van der Waals surface area (Å²) in [5, 5.41) is 14.9. The first-order valence-electron chi connectivity index (χ1n) is 14.8. The number of carbonyl (C=O) groups is 3. The molecule has 3 aliphatic rings. The average molecular weight is 667 g/mol. The number of nitrogens with one attached hydrogen (secondary N) is 1. The topological polar surface area (TPSA) is 128 Å². The number of fused-ring (bicyclic) bond motifs is 1. The van der Waals surface area contributed by atoms with Gasteiger partial charge in [-0.1, -0.05) is 29.8 Å². The molecule has 0 unspecified atom stereocenters. The number of aliphatic imine (C=N–C) groups is 1. The van der Waals surface area contributed by atoms with Crippen LogP contribution in [-0.4, -0.2) is 89.6 Å². The number of amidine groups is 1. The molecule has 2 fully saturated rings. The molecule has 0 saturated carbocycles. The molecule has 11 nitrogen and oxygen atoms in total. The fourth-order valence-electron chi connectivity index (χ4n) is 6.24. The van der Waals surface area contributed by atoms with Crippen LogP contribution < -0.4 is 10.2 Å². The highest BCUT2D eigenvalue weighted by atomic mass is 35.5. The zero-order valence-electron chi connectivity index (χ0n) is 25.2. The van der Waals surface area contributed by atoms with Gasteiger partial charge >= 0.3 is 18.0 Å². The van der Waals surface area contributed by atoms with Gasteiger partial charge in [0.05, 0.1) is 18.7 Å². The highest BCUT2D eigenvalue weighted by Crippen LogP contribution is 2.37. The fraction of sp³-hybridized carbons (Fsp3) is 0.344. The van der Waals surface area contributed by atoms with Gasteiger partial charge in [0, 0.05) is 72.7 Å². The lowest BCUT2D eigenvalue weighted by atomic mass is 9.95. The van der Waals surface area contributed by atoms with Gasteiger partial charge in [0.15, 0.2) is 10.8 Å². The molecule has 2 aromatic carbocycles. The summed E-state index contributed by atoms with van der Waals surface area (Å²) in [5.41, 5.74) is 3.92. The number of methoxy groups -OCH3 is 1. The molecule has 0 spiro atoms. The highest BCUT2D eigenvalue weighted by Gasteiger charge is 2.42. The molecule has 1 aromatic heterocycles. The van der Waals surface area contributed by atoms with E-state index in [9.17, 15) is 18.8 Å². The molecule has 2 N–H and O–H groups in total.